The Balaban J connectivity index is 2.04. The van der Waals surface area contributed by atoms with E-state index in [1.54, 1.807) is 12.1 Å². The summed E-state index contributed by atoms with van der Waals surface area (Å²) in [5.74, 6) is -0.183. The normalized spacial score (nSPS) is 18.2. The molecule has 0 saturated heterocycles. The molecular weight excluding hydrogens is 247 g/mol. The highest BCUT2D eigenvalue weighted by atomic mass is 79.9. The minimum Gasteiger partial charge on any atom is -0.390 e. The lowest BCUT2D eigenvalue weighted by Crippen LogP contribution is -2.08. The van der Waals surface area contributed by atoms with E-state index in [-0.39, 0.29) is 5.82 Å². The largest absolute Gasteiger partial charge is 0.390 e. The predicted molar refractivity (Wildman–Crippen MR) is 56.6 cm³/mol. The third-order valence-corrected chi connectivity index (χ3v) is 3.19. The van der Waals surface area contributed by atoms with Gasteiger partial charge in [0.05, 0.1) is 5.60 Å². The van der Waals surface area contributed by atoms with Gasteiger partial charge in [0.2, 0.25) is 0 Å². The van der Waals surface area contributed by atoms with Crippen LogP contribution in [0.2, 0.25) is 0 Å². The molecule has 1 aliphatic carbocycles. The smallest absolute Gasteiger partial charge is 0.126 e. The van der Waals surface area contributed by atoms with Crippen molar-refractivity contribution >= 4 is 15.9 Å². The number of hydrogen-bond acceptors (Lipinski definition) is 1. The van der Waals surface area contributed by atoms with Crippen molar-refractivity contribution < 1.29 is 9.50 Å². The Hall–Kier alpha value is -0.410. The van der Waals surface area contributed by atoms with Crippen LogP contribution in [0, 0.1) is 5.82 Å². The van der Waals surface area contributed by atoms with Crippen LogP contribution in [-0.4, -0.2) is 10.7 Å². The number of halogens is 2. The molecule has 3 heteroatoms. The van der Waals surface area contributed by atoms with Crippen LogP contribution in [0.5, 0.6) is 0 Å². The van der Waals surface area contributed by atoms with Crippen LogP contribution in [0.1, 0.15) is 24.8 Å². The molecule has 1 aromatic carbocycles. The van der Waals surface area contributed by atoms with Crippen LogP contribution in [0.3, 0.4) is 0 Å². The lowest BCUT2D eigenvalue weighted by molar-refractivity contribution is 0.140. The molecule has 0 amide bonds. The zero-order valence-electron chi connectivity index (χ0n) is 7.76. The number of hydrogen-bond donors (Lipinski definition) is 1. The van der Waals surface area contributed by atoms with Gasteiger partial charge in [0.15, 0.2) is 0 Å². The van der Waals surface area contributed by atoms with Crippen molar-refractivity contribution in [3.05, 3.63) is 34.1 Å². The lowest BCUT2D eigenvalue weighted by atomic mass is 10.1. The fraction of sp³-hybridized carbons (Fsp3) is 0.455. The van der Waals surface area contributed by atoms with Crippen LogP contribution in [0.15, 0.2) is 22.7 Å². The van der Waals surface area contributed by atoms with Crippen molar-refractivity contribution in [2.24, 2.45) is 0 Å². The molecule has 1 fully saturated rings. The van der Waals surface area contributed by atoms with Crippen molar-refractivity contribution in [2.45, 2.75) is 31.3 Å². The summed E-state index contributed by atoms with van der Waals surface area (Å²) in [6, 6.07) is 4.92. The van der Waals surface area contributed by atoms with Crippen LogP contribution >= 0.6 is 15.9 Å². The molecule has 2 rings (SSSR count). The first-order chi connectivity index (χ1) is 6.59. The fourth-order valence-corrected chi connectivity index (χ4v) is 1.91. The molecule has 0 bridgehead atoms. The van der Waals surface area contributed by atoms with E-state index in [0.29, 0.717) is 18.4 Å². The van der Waals surface area contributed by atoms with Crippen LogP contribution < -0.4 is 0 Å². The number of benzene rings is 1. The molecule has 0 radical (unpaired) electrons. The second-order valence-corrected chi connectivity index (χ2v) is 4.88. The van der Waals surface area contributed by atoms with E-state index in [0.717, 1.165) is 17.3 Å². The molecule has 0 aromatic heterocycles. The van der Waals surface area contributed by atoms with Crippen LogP contribution in [0.25, 0.3) is 0 Å². The van der Waals surface area contributed by atoms with Gasteiger partial charge in [-0.2, -0.15) is 0 Å². The highest BCUT2D eigenvalue weighted by Crippen LogP contribution is 2.39. The van der Waals surface area contributed by atoms with Crippen molar-refractivity contribution in [2.75, 3.05) is 0 Å². The Bertz CT molecular complexity index is 347. The number of aryl methyl sites for hydroxylation is 1. The van der Waals surface area contributed by atoms with Gasteiger partial charge in [-0.1, -0.05) is 15.9 Å². The standard InChI is InChI=1S/C11H12BrFO/c12-9-1-2-10(13)8(7-9)3-4-11(14)5-6-11/h1-2,7,14H,3-6H2. The fourth-order valence-electron chi connectivity index (χ4n) is 1.50. The topological polar surface area (TPSA) is 20.2 Å². The van der Waals surface area contributed by atoms with Crippen molar-refractivity contribution in [3.8, 4) is 0 Å². The molecule has 1 saturated carbocycles. The minimum absolute atomic E-state index is 0.183. The molecule has 1 N–H and O–H groups in total. The molecular formula is C11H12BrFO. The summed E-state index contributed by atoms with van der Waals surface area (Å²) >= 11 is 3.30. The molecule has 76 valence electrons. The zero-order valence-corrected chi connectivity index (χ0v) is 9.35. The Morgan fingerprint density at radius 1 is 1.43 bits per heavy atom. The van der Waals surface area contributed by atoms with E-state index >= 15 is 0 Å². The molecule has 0 unspecified atom stereocenters. The van der Waals surface area contributed by atoms with Gasteiger partial charge in [-0.05, 0) is 49.4 Å². The highest BCUT2D eigenvalue weighted by Gasteiger charge is 2.39. The van der Waals surface area contributed by atoms with E-state index in [9.17, 15) is 9.50 Å². The summed E-state index contributed by atoms with van der Waals surface area (Å²) in [7, 11) is 0. The first kappa shape index (κ1) is 10.1. The average Bonchev–Trinajstić information content (AvgIpc) is 2.87. The third-order valence-electron chi connectivity index (χ3n) is 2.69. The molecule has 1 aliphatic rings. The van der Waals surface area contributed by atoms with E-state index in [1.807, 2.05) is 0 Å². The Kier molecular flexibility index (Phi) is 2.62. The lowest BCUT2D eigenvalue weighted by Gasteiger charge is -2.08. The predicted octanol–water partition coefficient (Wildman–Crippen LogP) is 3.05. The van der Waals surface area contributed by atoms with E-state index in [2.05, 4.69) is 15.9 Å². The highest BCUT2D eigenvalue weighted by molar-refractivity contribution is 9.10. The maximum absolute atomic E-state index is 13.3. The average molecular weight is 259 g/mol. The summed E-state index contributed by atoms with van der Waals surface area (Å²) in [5.41, 5.74) is 0.189. The van der Waals surface area contributed by atoms with Gasteiger partial charge in [-0.3, -0.25) is 0 Å². The SMILES string of the molecule is OC1(CCc2cc(Br)ccc2F)CC1. The summed E-state index contributed by atoms with van der Waals surface area (Å²) in [4.78, 5) is 0. The van der Waals surface area contributed by atoms with E-state index in [4.69, 9.17) is 0 Å². The molecule has 0 atom stereocenters. The zero-order chi connectivity index (χ0) is 10.2. The maximum atomic E-state index is 13.3. The Morgan fingerprint density at radius 3 is 2.79 bits per heavy atom. The second-order valence-electron chi connectivity index (χ2n) is 3.96. The second kappa shape index (κ2) is 3.63. The summed E-state index contributed by atoms with van der Waals surface area (Å²) in [5, 5.41) is 9.62. The quantitative estimate of drug-likeness (QED) is 0.884. The first-order valence-electron chi connectivity index (χ1n) is 4.75. The monoisotopic (exact) mass is 258 g/mol. The minimum atomic E-state index is -0.491. The van der Waals surface area contributed by atoms with Crippen molar-refractivity contribution in [3.63, 3.8) is 0 Å². The number of rotatable bonds is 3. The molecule has 14 heavy (non-hydrogen) atoms. The number of aliphatic hydroxyl groups is 1. The van der Waals surface area contributed by atoms with Gasteiger partial charge >= 0.3 is 0 Å². The van der Waals surface area contributed by atoms with Gasteiger partial charge in [-0.25, -0.2) is 4.39 Å². The van der Waals surface area contributed by atoms with Gasteiger partial charge < -0.3 is 5.11 Å². The molecule has 1 aromatic rings. The van der Waals surface area contributed by atoms with Crippen molar-refractivity contribution in [1.29, 1.82) is 0 Å². The summed E-state index contributed by atoms with van der Waals surface area (Å²) in [6.07, 6.45) is 3.01. The maximum Gasteiger partial charge on any atom is 0.126 e. The third kappa shape index (κ3) is 2.34. The Labute approximate surface area is 91.1 Å². The van der Waals surface area contributed by atoms with Gasteiger partial charge in [0, 0.05) is 4.47 Å². The van der Waals surface area contributed by atoms with E-state index < -0.39 is 5.60 Å². The van der Waals surface area contributed by atoms with Gasteiger partial charge in [0.25, 0.3) is 0 Å². The van der Waals surface area contributed by atoms with Gasteiger partial charge in [-0.15, -0.1) is 0 Å². The van der Waals surface area contributed by atoms with Gasteiger partial charge in [0.1, 0.15) is 5.82 Å². The molecule has 0 aliphatic heterocycles. The van der Waals surface area contributed by atoms with Crippen LogP contribution in [0.4, 0.5) is 4.39 Å². The molecule has 0 spiro atoms. The Morgan fingerprint density at radius 2 is 2.14 bits per heavy atom. The summed E-state index contributed by atoms with van der Waals surface area (Å²) in [6.45, 7) is 0. The molecule has 1 nitrogen and oxygen atoms in total. The van der Waals surface area contributed by atoms with E-state index in [1.165, 1.54) is 6.07 Å². The molecule has 0 heterocycles. The first-order valence-corrected chi connectivity index (χ1v) is 5.55. The van der Waals surface area contributed by atoms with Crippen molar-refractivity contribution in [1.82, 2.24) is 0 Å². The summed E-state index contributed by atoms with van der Waals surface area (Å²) < 4.78 is 14.1. The van der Waals surface area contributed by atoms with Crippen LogP contribution in [-0.2, 0) is 6.42 Å².